The first-order chi connectivity index (χ1) is 14.5. The first-order valence-electron chi connectivity index (χ1n) is 9.75. The SMILES string of the molecule is COCCNC(=O)[C@@H]1CCCN1C(=O)c1ccc(NC(=O)c2ccccc2Cl)cc1. The number of nitrogens with one attached hydrogen (secondary N) is 2. The predicted octanol–water partition coefficient (Wildman–Crippen LogP) is 2.96. The van der Waals surface area contributed by atoms with E-state index < -0.39 is 6.04 Å². The Labute approximate surface area is 180 Å². The molecule has 7 nitrogen and oxygen atoms in total. The van der Waals surface area contributed by atoms with Crippen molar-refractivity contribution in [3.8, 4) is 0 Å². The van der Waals surface area contributed by atoms with Crippen molar-refractivity contribution in [3.63, 3.8) is 0 Å². The maximum Gasteiger partial charge on any atom is 0.257 e. The van der Waals surface area contributed by atoms with Gasteiger partial charge in [0.15, 0.2) is 0 Å². The summed E-state index contributed by atoms with van der Waals surface area (Å²) >= 11 is 6.05. The van der Waals surface area contributed by atoms with E-state index in [2.05, 4.69) is 10.6 Å². The summed E-state index contributed by atoms with van der Waals surface area (Å²) < 4.78 is 4.94. The third kappa shape index (κ3) is 5.17. The van der Waals surface area contributed by atoms with Gasteiger partial charge < -0.3 is 20.3 Å². The smallest absolute Gasteiger partial charge is 0.257 e. The summed E-state index contributed by atoms with van der Waals surface area (Å²) in [6.45, 7) is 1.37. The molecule has 8 heteroatoms. The van der Waals surface area contributed by atoms with E-state index in [0.29, 0.717) is 48.0 Å². The molecule has 1 aliphatic rings. The molecule has 0 saturated carbocycles. The van der Waals surface area contributed by atoms with Gasteiger partial charge >= 0.3 is 0 Å². The fourth-order valence-electron chi connectivity index (χ4n) is 3.38. The van der Waals surface area contributed by atoms with Gasteiger partial charge in [0.1, 0.15) is 6.04 Å². The zero-order valence-electron chi connectivity index (χ0n) is 16.7. The topological polar surface area (TPSA) is 87.7 Å². The molecule has 0 spiro atoms. The van der Waals surface area contributed by atoms with Crippen LogP contribution in [0.5, 0.6) is 0 Å². The van der Waals surface area contributed by atoms with Gasteiger partial charge in [0.2, 0.25) is 5.91 Å². The second-order valence-corrected chi connectivity index (χ2v) is 7.36. The molecule has 2 aromatic rings. The summed E-state index contributed by atoms with van der Waals surface area (Å²) in [5.41, 5.74) is 1.38. The van der Waals surface area contributed by atoms with E-state index in [1.165, 1.54) is 0 Å². The van der Waals surface area contributed by atoms with Crippen LogP contribution in [0.25, 0.3) is 0 Å². The Kier molecular flexibility index (Phi) is 7.43. The number of benzene rings is 2. The second kappa shape index (κ2) is 10.2. The number of halogens is 1. The minimum atomic E-state index is -0.478. The zero-order valence-corrected chi connectivity index (χ0v) is 17.4. The van der Waals surface area contributed by atoms with Gasteiger partial charge in [-0.3, -0.25) is 14.4 Å². The standard InChI is InChI=1S/C22H24ClN3O4/c1-30-14-12-24-21(28)19-7-4-13-26(19)22(29)15-8-10-16(11-9-15)25-20(27)17-5-2-3-6-18(17)23/h2-3,5-6,8-11,19H,4,7,12-14H2,1H3,(H,24,28)(H,25,27)/t19-/m0/s1. The lowest BCUT2D eigenvalue weighted by Crippen LogP contribution is -2.46. The van der Waals surface area contributed by atoms with Crippen LogP contribution in [0.4, 0.5) is 5.69 Å². The highest BCUT2D eigenvalue weighted by Gasteiger charge is 2.34. The number of carbonyl (C=O) groups excluding carboxylic acids is 3. The van der Waals surface area contributed by atoms with E-state index in [1.807, 2.05) is 0 Å². The van der Waals surface area contributed by atoms with Crippen molar-refractivity contribution in [2.45, 2.75) is 18.9 Å². The second-order valence-electron chi connectivity index (χ2n) is 6.95. The van der Waals surface area contributed by atoms with Crippen LogP contribution in [-0.2, 0) is 9.53 Å². The number of nitrogens with zero attached hydrogens (tertiary/aromatic N) is 1. The van der Waals surface area contributed by atoms with E-state index >= 15 is 0 Å². The van der Waals surface area contributed by atoms with Crippen LogP contribution in [0.2, 0.25) is 5.02 Å². The summed E-state index contributed by atoms with van der Waals surface area (Å²) in [5, 5.41) is 5.93. The maximum atomic E-state index is 12.9. The first kappa shape index (κ1) is 21.8. The Morgan fingerprint density at radius 3 is 2.57 bits per heavy atom. The van der Waals surface area contributed by atoms with E-state index in [-0.39, 0.29) is 17.7 Å². The Balaban J connectivity index is 1.64. The molecule has 1 heterocycles. The molecular formula is C22H24ClN3O4. The lowest BCUT2D eigenvalue weighted by atomic mass is 10.1. The monoisotopic (exact) mass is 429 g/mol. The number of hydrogen-bond donors (Lipinski definition) is 2. The quantitative estimate of drug-likeness (QED) is 0.662. The molecular weight excluding hydrogens is 406 g/mol. The van der Waals surface area contributed by atoms with Crippen LogP contribution in [-0.4, -0.2) is 55.5 Å². The molecule has 3 amide bonds. The van der Waals surface area contributed by atoms with Gasteiger partial charge in [0.05, 0.1) is 17.2 Å². The molecule has 1 saturated heterocycles. The Morgan fingerprint density at radius 2 is 1.87 bits per heavy atom. The van der Waals surface area contributed by atoms with Crippen LogP contribution >= 0.6 is 11.6 Å². The molecule has 0 radical (unpaired) electrons. The summed E-state index contributed by atoms with van der Waals surface area (Å²) in [6.07, 6.45) is 1.41. The number of carbonyl (C=O) groups is 3. The minimum Gasteiger partial charge on any atom is -0.383 e. The lowest BCUT2D eigenvalue weighted by Gasteiger charge is -2.24. The Morgan fingerprint density at radius 1 is 1.13 bits per heavy atom. The normalized spacial score (nSPS) is 15.7. The number of hydrogen-bond acceptors (Lipinski definition) is 4. The van der Waals surface area contributed by atoms with Crippen LogP contribution < -0.4 is 10.6 Å². The molecule has 158 valence electrons. The van der Waals surface area contributed by atoms with E-state index in [0.717, 1.165) is 6.42 Å². The zero-order chi connectivity index (χ0) is 21.5. The number of ether oxygens (including phenoxy) is 1. The van der Waals surface area contributed by atoms with E-state index in [1.54, 1.807) is 60.5 Å². The van der Waals surface area contributed by atoms with Crippen LogP contribution in [0.15, 0.2) is 48.5 Å². The highest BCUT2D eigenvalue weighted by atomic mass is 35.5. The van der Waals surface area contributed by atoms with Crippen molar-refractivity contribution in [3.05, 3.63) is 64.7 Å². The molecule has 2 aromatic carbocycles. The molecule has 0 aromatic heterocycles. The largest absolute Gasteiger partial charge is 0.383 e. The highest BCUT2D eigenvalue weighted by molar-refractivity contribution is 6.34. The van der Waals surface area contributed by atoms with Gasteiger partial charge in [0, 0.05) is 31.5 Å². The van der Waals surface area contributed by atoms with Gasteiger partial charge in [-0.15, -0.1) is 0 Å². The lowest BCUT2D eigenvalue weighted by molar-refractivity contribution is -0.125. The van der Waals surface area contributed by atoms with E-state index in [9.17, 15) is 14.4 Å². The fourth-order valence-corrected chi connectivity index (χ4v) is 3.60. The molecule has 0 aliphatic carbocycles. The summed E-state index contributed by atoms with van der Waals surface area (Å²) in [6, 6.07) is 12.9. The number of amides is 3. The van der Waals surface area contributed by atoms with Gasteiger partial charge in [0.25, 0.3) is 11.8 Å². The van der Waals surface area contributed by atoms with Crippen molar-refractivity contribution < 1.29 is 19.1 Å². The molecule has 1 atom stereocenters. The van der Waals surface area contributed by atoms with Crippen molar-refractivity contribution in [1.29, 1.82) is 0 Å². The van der Waals surface area contributed by atoms with Crippen molar-refractivity contribution in [2.24, 2.45) is 0 Å². The number of rotatable bonds is 7. The average Bonchev–Trinajstić information content (AvgIpc) is 3.24. The number of anilines is 1. The average molecular weight is 430 g/mol. The van der Waals surface area contributed by atoms with Gasteiger partial charge in [-0.2, -0.15) is 0 Å². The fraction of sp³-hybridized carbons (Fsp3) is 0.318. The van der Waals surface area contributed by atoms with Crippen LogP contribution in [0.3, 0.4) is 0 Å². The highest BCUT2D eigenvalue weighted by Crippen LogP contribution is 2.22. The van der Waals surface area contributed by atoms with Crippen molar-refractivity contribution in [1.82, 2.24) is 10.2 Å². The molecule has 1 fully saturated rings. The number of methoxy groups -OCH3 is 1. The molecule has 1 aliphatic heterocycles. The predicted molar refractivity (Wildman–Crippen MR) is 115 cm³/mol. The summed E-state index contributed by atoms with van der Waals surface area (Å²) in [5.74, 6) is -0.697. The number of likely N-dealkylation sites (tertiary alicyclic amines) is 1. The third-order valence-corrected chi connectivity index (χ3v) is 5.26. The Bertz CT molecular complexity index is 917. The van der Waals surface area contributed by atoms with Crippen molar-refractivity contribution >= 4 is 35.0 Å². The minimum absolute atomic E-state index is 0.165. The third-order valence-electron chi connectivity index (χ3n) is 4.93. The van der Waals surface area contributed by atoms with E-state index in [4.69, 9.17) is 16.3 Å². The summed E-state index contributed by atoms with van der Waals surface area (Å²) in [7, 11) is 1.57. The first-order valence-corrected chi connectivity index (χ1v) is 10.1. The van der Waals surface area contributed by atoms with Crippen LogP contribution in [0.1, 0.15) is 33.6 Å². The molecule has 30 heavy (non-hydrogen) atoms. The van der Waals surface area contributed by atoms with Gasteiger partial charge in [-0.25, -0.2) is 0 Å². The Hall–Kier alpha value is -2.90. The van der Waals surface area contributed by atoms with Crippen LogP contribution in [0, 0.1) is 0 Å². The molecule has 3 rings (SSSR count). The molecule has 2 N–H and O–H groups in total. The summed E-state index contributed by atoms with van der Waals surface area (Å²) in [4.78, 5) is 39.3. The molecule has 0 unspecified atom stereocenters. The molecule has 0 bridgehead atoms. The maximum absolute atomic E-state index is 12.9. The van der Waals surface area contributed by atoms with Gasteiger partial charge in [-0.05, 0) is 49.2 Å². The van der Waals surface area contributed by atoms with Gasteiger partial charge in [-0.1, -0.05) is 23.7 Å². The van der Waals surface area contributed by atoms with Crippen molar-refractivity contribution in [2.75, 3.05) is 32.1 Å².